The highest BCUT2D eigenvalue weighted by Gasteiger charge is 2.45. The van der Waals surface area contributed by atoms with E-state index in [0.29, 0.717) is 24.8 Å². The molecule has 0 spiro atoms. The van der Waals surface area contributed by atoms with E-state index in [2.05, 4.69) is 17.1 Å². The molecule has 2 saturated carbocycles. The van der Waals surface area contributed by atoms with E-state index in [1.165, 1.54) is 25.7 Å². The molecule has 2 fully saturated rings. The van der Waals surface area contributed by atoms with Crippen molar-refractivity contribution in [1.82, 2.24) is 10.2 Å². The maximum absolute atomic E-state index is 11.3. The molecule has 0 amide bonds. The number of carbonyl (C=O) groups is 1. The van der Waals surface area contributed by atoms with Gasteiger partial charge in [0.05, 0.1) is 25.8 Å². The lowest BCUT2D eigenvalue weighted by Gasteiger charge is -2.25. The molecule has 1 aromatic carbocycles. The van der Waals surface area contributed by atoms with Crippen LogP contribution in [-0.4, -0.2) is 35.0 Å². The summed E-state index contributed by atoms with van der Waals surface area (Å²) in [6.45, 7) is 3.00. The number of ether oxygens (including phenoxy) is 2. The van der Waals surface area contributed by atoms with E-state index in [1.54, 1.807) is 13.3 Å². The summed E-state index contributed by atoms with van der Waals surface area (Å²) in [4.78, 5) is 11.3. The number of aromatic nitrogens is 2. The average molecular weight is 396 g/mol. The third-order valence-electron chi connectivity index (χ3n) is 6.30. The average Bonchev–Trinajstić information content (AvgIpc) is 3.54. The monoisotopic (exact) mass is 396 g/mol. The van der Waals surface area contributed by atoms with Crippen molar-refractivity contribution in [2.75, 3.05) is 13.7 Å². The van der Waals surface area contributed by atoms with E-state index in [9.17, 15) is 9.90 Å². The first-order valence-electron chi connectivity index (χ1n) is 10.4. The van der Waals surface area contributed by atoms with E-state index in [4.69, 9.17) is 9.47 Å². The molecule has 1 heterocycles. The fourth-order valence-electron chi connectivity index (χ4n) is 4.29. The van der Waals surface area contributed by atoms with E-state index >= 15 is 0 Å². The predicted octanol–water partition coefficient (Wildman–Crippen LogP) is 4.55. The molecule has 0 aliphatic heterocycles. The van der Waals surface area contributed by atoms with Crippen LogP contribution in [-0.2, 0) is 4.79 Å². The smallest absolute Gasteiger partial charge is 0.307 e. The van der Waals surface area contributed by atoms with Gasteiger partial charge in [0.15, 0.2) is 0 Å². The maximum atomic E-state index is 11.3. The Morgan fingerprint density at radius 1 is 1.17 bits per heavy atom. The van der Waals surface area contributed by atoms with E-state index in [0.717, 1.165) is 28.4 Å². The van der Waals surface area contributed by atoms with Gasteiger partial charge in [-0.3, -0.25) is 4.79 Å². The fraction of sp³-hybridized carbons (Fsp3) is 0.522. The molecule has 2 aliphatic carbocycles. The van der Waals surface area contributed by atoms with Crippen molar-refractivity contribution in [3.05, 3.63) is 36.0 Å². The molecule has 154 valence electrons. The number of carboxylic acids is 1. The summed E-state index contributed by atoms with van der Waals surface area (Å²) in [5.74, 6) is 1.60. The van der Waals surface area contributed by atoms with Crippen LogP contribution in [0, 0.1) is 17.8 Å². The Hall–Kier alpha value is -2.63. The summed E-state index contributed by atoms with van der Waals surface area (Å²) < 4.78 is 11.4. The molecule has 2 aromatic rings. The van der Waals surface area contributed by atoms with Crippen LogP contribution < -0.4 is 9.47 Å². The summed E-state index contributed by atoms with van der Waals surface area (Å²) in [6.07, 6.45) is 7.32. The summed E-state index contributed by atoms with van der Waals surface area (Å²) in [6, 6.07) is 7.78. The number of rotatable bonds is 7. The number of aliphatic carboxylic acids is 1. The first-order valence-corrected chi connectivity index (χ1v) is 10.4. The van der Waals surface area contributed by atoms with Gasteiger partial charge in [-0.2, -0.15) is 5.10 Å². The van der Waals surface area contributed by atoms with Gasteiger partial charge in [-0.25, -0.2) is 0 Å². The number of carboxylic acid groups (broad SMARTS) is 1. The molecule has 0 saturated heterocycles. The minimum absolute atomic E-state index is 0.00149. The lowest BCUT2D eigenvalue weighted by Crippen LogP contribution is -2.19. The molecule has 4 rings (SSSR count). The van der Waals surface area contributed by atoms with Crippen LogP contribution in [0.15, 0.2) is 30.5 Å². The molecule has 1 aromatic heterocycles. The highest BCUT2D eigenvalue weighted by molar-refractivity contribution is 5.76. The second-order valence-corrected chi connectivity index (χ2v) is 8.46. The highest BCUT2D eigenvalue weighted by atomic mass is 16.5. The minimum atomic E-state index is -0.749. The van der Waals surface area contributed by atoms with Gasteiger partial charge < -0.3 is 14.6 Å². The molecule has 0 unspecified atom stereocenters. The number of methoxy groups -OCH3 is 1. The van der Waals surface area contributed by atoms with Gasteiger partial charge >= 0.3 is 5.97 Å². The summed E-state index contributed by atoms with van der Waals surface area (Å²) in [5.41, 5.74) is 2.81. The molecule has 2 aliphatic rings. The zero-order valence-corrected chi connectivity index (χ0v) is 17.0. The van der Waals surface area contributed by atoms with Crippen LogP contribution in [0.5, 0.6) is 11.6 Å². The number of benzene rings is 1. The first-order chi connectivity index (χ1) is 14.0. The molecule has 1 N–H and O–H groups in total. The van der Waals surface area contributed by atoms with Gasteiger partial charge in [0, 0.05) is 17.5 Å². The Morgan fingerprint density at radius 2 is 1.97 bits per heavy atom. The van der Waals surface area contributed by atoms with Crippen molar-refractivity contribution >= 4 is 5.97 Å². The van der Waals surface area contributed by atoms with Crippen molar-refractivity contribution in [3.63, 3.8) is 0 Å². The van der Waals surface area contributed by atoms with Crippen LogP contribution in [0.4, 0.5) is 0 Å². The second-order valence-electron chi connectivity index (χ2n) is 8.46. The second kappa shape index (κ2) is 8.39. The van der Waals surface area contributed by atoms with Crippen molar-refractivity contribution in [2.24, 2.45) is 17.8 Å². The van der Waals surface area contributed by atoms with Gasteiger partial charge in [0.2, 0.25) is 5.88 Å². The van der Waals surface area contributed by atoms with E-state index in [-0.39, 0.29) is 11.8 Å². The lowest BCUT2D eigenvalue weighted by molar-refractivity contribution is -0.138. The molecule has 0 radical (unpaired) electrons. The Morgan fingerprint density at radius 3 is 2.66 bits per heavy atom. The first kappa shape index (κ1) is 19.7. The predicted molar refractivity (Wildman–Crippen MR) is 109 cm³/mol. The van der Waals surface area contributed by atoms with Crippen LogP contribution in [0.2, 0.25) is 0 Å². The third kappa shape index (κ3) is 4.52. The van der Waals surface area contributed by atoms with Gasteiger partial charge in [-0.1, -0.05) is 25.8 Å². The molecule has 6 heteroatoms. The van der Waals surface area contributed by atoms with Gasteiger partial charge in [-0.15, -0.1) is 5.10 Å². The Labute approximate surface area is 171 Å². The third-order valence-corrected chi connectivity index (χ3v) is 6.30. The zero-order valence-electron chi connectivity index (χ0n) is 17.0. The summed E-state index contributed by atoms with van der Waals surface area (Å²) >= 11 is 0. The Balaban J connectivity index is 1.48. The normalized spacial score (nSPS) is 26.0. The zero-order chi connectivity index (χ0) is 20.4. The van der Waals surface area contributed by atoms with Crippen LogP contribution >= 0.6 is 0 Å². The van der Waals surface area contributed by atoms with Gasteiger partial charge in [0.25, 0.3) is 0 Å². The van der Waals surface area contributed by atoms with Crippen LogP contribution in [0.1, 0.15) is 50.5 Å². The van der Waals surface area contributed by atoms with Crippen molar-refractivity contribution < 1.29 is 19.4 Å². The van der Waals surface area contributed by atoms with Crippen molar-refractivity contribution in [1.29, 1.82) is 0 Å². The standard InChI is InChI=1S/C23H28N2O4/c1-14-3-5-15(6-4-14)13-29-22-10-17(12-24-25-22)16-7-8-21(28-2)19(9-16)18-11-20(18)23(26)27/h7-10,12,14-15,18,20H,3-6,11,13H2,1-2H3,(H,26,27)/t14-,15-,18-,20+/m1/s1. The molecule has 0 bridgehead atoms. The van der Waals surface area contributed by atoms with E-state index < -0.39 is 5.97 Å². The van der Waals surface area contributed by atoms with Gasteiger partial charge in [0.1, 0.15) is 5.75 Å². The summed E-state index contributed by atoms with van der Waals surface area (Å²) in [5, 5.41) is 17.5. The Kier molecular flexibility index (Phi) is 5.69. The van der Waals surface area contributed by atoms with Gasteiger partial charge in [-0.05, 0) is 54.4 Å². The topological polar surface area (TPSA) is 81.5 Å². The maximum Gasteiger partial charge on any atom is 0.307 e. The minimum Gasteiger partial charge on any atom is -0.496 e. The van der Waals surface area contributed by atoms with Crippen LogP contribution in [0.25, 0.3) is 11.1 Å². The summed E-state index contributed by atoms with van der Waals surface area (Å²) in [7, 11) is 1.61. The molecular weight excluding hydrogens is 368 g/mol. The van der Waals surface area contributed by atoms with Crippen molar-refractivity contribution in [3.8, 4) is 22.8 Å². The molecule has 6 nitrogen and oxygen atoms in total. The Bertz CT molecular complexity index is 877. The van der Waals surface area contributed by atoms with Crippen LogP contribution in [0.3, 0.4) is 0 Å². The molecule has 2 atom stereocenters. The number of hydrogen-bond acceptors (Lipinski definition) is 5. The van der Waals surface area contributed by atoms with E-state index in [1.807, 2.05) is 24.3 Å². The fourth-order valence-corrected chi connectivity index (χ4v) is 4.29. The molecular formula is C23H28N2O4. The van der Waals surface area contributed by atoms with Crippen molar-refractivity contribution in [2.45, 2.75) is 44.9 Å². The number of nitrogens with zero attached hydrogens (tertiary/aromatic N) is 2. The number of hydrogen-bond donors (Lipinski definition) is 1. The highest BCUT2D eigenvalue weighted by Crippen LogP contribution is 2.51. The quantitative estimate of drug-likeness (QED) is 0.740. The largest absolute Gasteiger partial charge is 0.496 e. The SMILES string of the molecule is COc1ccc(-c2cnnc(OC[C@H]3CC[C@H](C)CC3)c2)cc1[C@H]1C[C@@H]1C(=O)O. The lowest BCUT2D eigenvalue weighted by atomic mass is 9.83. The molecule has 29 heavy (non-hydrogen) atoms.